The summed E-state index contributed by atoms with van der Waals surface area (Å²) in [6, 6.07) is 9.72. The predicted octanol–water partition coefficient (Wildman–Crippen LogP) is 6.57. The first-order valence-corrected chi connectivity index (χ1v) is 25.3. The fraction of sp³-hybridized carbons (Fsp3) is 0.627. The number of pyridine rings is 1. The number of nitrogens with zero attached hydrogens (tertiary/aromatic N) is 6. The molecule has 2 N–H and O–H groups in total. The van der Waals surface area contributed by atoms with Crippen LogP contribution in [0.2, 0.25) is 0 Å². The van der Waals surface area contributed by atoms with Crippen LogP contribution in [0.15, 0.2) is 41.9 Å². The molecule has 0 radical (unpaired) electrons. The number of aromatic nitrogens is 3. The number of hydrogen-bond acceptors (Lipinski definition) is 12. The molecule has 8 heterocycles. The van der Waals surface area contributed by atoms with Gasteiger partial charge in [0.25, 0.3) is 5.91 Å². The molecule has 4 aromatic rings. The maximum absolute atomic E-state index is 15.2. The van der Waals surface area contributed by atoms with Crippen molar-refractivity contribution in [2.75, 3.05) is 59.7 Å². The summed E-state index contributed by atoms with van der Waals surface area (Å²) in [7, 11) is 1.73. The number of likely N-dealkylation sites (tertiary alicyclic amines) is 2. The SMILES string of the molecule is CO[C@@H](C)c1ncccc1-c1c2c3cc(ccc3n1C1CN(C3CC3)C1)-c1csc(n1)[C@@H](N1CC3(COC3)C1)[C@H](NC(=O)[C@@H]1[C@@H](C)[C@H]1C(C)C)C(=O)N1CCC[C@H](N1)C(=O)OCC(C)(C)C2. The molecular formula is C51H66N8O6S. The molecule has 4 saturated heterocycles. The van der Waals surface area contributed by atoms with Gasteiger partial charge in [-0.3, -0.25) is 34.2 Å². The van der Waals surface area contributed by atoms with Crippen molar-refractivity contribution in [2.24, 2.45) is 34.5 Å². The van der Waals surface area contributed by atoms with E-state index in [0.717, 1.165) is 70.3 Å². The Hall–Kier alpha value is -4.25. The number of fused-ring (bicyclic) bond motifs is 6. The van der Waals surface area contributed by atoms with E-state index < -0.39 is 23.5 Å². The van der Waals surface area contributed by atoms with Gasteiger partial charge in [0, 0.05) is 96.2 Å². The molecule has 0 unspecified atom stereocenters. The molecule has 3 aromatic heterocycles. The van der Waals surface area contributed by atoms with Gasteiger partial charge in [0.2, 0.25) is 5.91 Å². The van der Waals surface area contributed by atoms with Crippen molar-refractivity contribution >= 4 is 40.0 Å². The molecule has 2 saturated carbocycles. The van der Waals surface area contributed by atoms with Crippen LogP contribution in [-0.2, 0) is 35.0 Å². The number of rotatable bonds is 9. The number of amides is 2. The zero-order valence-corrected chi connectivity index (χ0v) is 40.4. The zero-order valence-electron chi connectivity index (χ0n) is 39.5. The molecule has 1 spiro atoms. The van der Waals surface area contributed by atoms with Crippen molar-refractivity contribution in [3.8, 4) is 22.5 Å². The summed E-state index contributed by atoms with van der Waals surface area (Å²) in [5.74, 6) is -0.0828. The minimum absolute atomic E-state index is 0.0427. The maximum atomic E-state index is 15.2. The van der Waals surface area contributed by atoms with Crippen LogP contribution in [0.1, 0.15) is 102 Å². The lowest BCUT2D eigenvalue weighted by atomic mass is 9.76. The number of carbonyl (C=O) groups is 3. The van der Waals surface area contributed by atoms with Crippen LogP contribution < -0.4 is 10.7 Å². The Morgan fingerprint density at radius 3 is 2.52 bits per heavy atom. The molecule has 6 fully saturated rings. The van der Waals surface area contributed by atoms with E-state index in [1.54, 1.807) is 23.5 Å². The van der Waals surface area contributed by atoms with Crippen molar-refractivity contribution in [1.82, 2.24) is 40.1 Å². The summed E-state index contributed by atoms with van der Waals surface area (Å²) in [6.45, 7) is 18.3. The largest absolute Gasteiger partial charge is 0.464 e. The van der Waals surface area contributed by atoms with Gasteiger partial charge >= 0.3 is 5.97 Å². The standard InChI is InChI=1S/C51H66N8O6S/c1-28(2)40-29(3)41(40)46(60)54-43-45(57-23-51(24-57)26-64-27-51)47-53-38(22-66-47)31-12-15-39-35(18-31)36(19-50(5,6)25-65-49(62)37-11-9-17-58(55-37)48(43)61)44(34-10-8-16-52-42(34)30(4)63-7)59(39)33-20-56(21-33)32-13-14-32/h8,10,12,15-16,18,22,28-30,32-33,37,40-41,43,45,55H,9,11,13-14,17,19-21,23-27H2,1-7H3,(H,54,60)/t29-,30-,37-,40+,41+,43-,45-/m0/s1. The molecule has 6 bridgehead atoms. The van der Waals surface area contributed by atoms with E-state index in [-0.39, 0.29) is 59.7 Å². The molecule has 1 aromatic carbocycles. The Bertz CT molecular complexity index is 2530. The zero-order chi connectivity index (χ0) is 45.8. The number of thiazole rings is 1. The molecular weight excluding hydrogens is 853 g/mol. The first kappa shape index (κ1) is 44.3. The highest BCUT2D eigenvalue weighted by Gasteiger charge is 2.57. The summed E-state index contributed by atoms with van der Waals surface area (Å²) in [5, 5.41) is 8.93. The monoisotopic (exact) mass is 918 g/mol. The van der Waals surface area contributed by atoms with Gasteiger partial charge < -0.3 is 24.1 Å². The van der Waals surface area contributed by atoms with Gasteiger partial charge in [0.05, 0.1) is 55.1 Å². The van der Waals surface area contributed by atoms with Gasteiger partial charge in [-0.15, -0.1) is 11.3 Å². The van der Waals surface area contributed by atoms with E-state index in [2.05, 4.69) is 96.3 Å². The van der Waals surface area contributed by atoms with Gasteiger partial charge in [-0.1, -0.05) is 40.7 Å². The Morgan fingerprint density at radius 1 is 1.03 bits per heavy atom. The third-order valence-electron chi connectivity index (χ3n) is 16.0. The number of methoxy groups -OCH3 is 1. The second kappa shape index (κ2) is 16.8. The van der Waals surface area contributed by atoms with Gasteiger partial charge in [0.1, 0.15) is 17.1 Å². The highest BCUT2D eigenvalue weighted by atomic mass is 32.1. The normalized spacial score (nSPS) is 29.5. The average molecular weight is 919 g/mol. The van der Waals surface area contributed by atoms with Crippen molar-refractivity contribution in [3.05, 3.63) is 58.2 Å². The average Bonchev–Trinajstić information content (AvgIpc) is 4.14. The minimum atomic E-state index is -0.943. The number of carbonyl (C=O) groups excluding carboxylic acids is 3. The van der Waals surface area contributed by atoms with Crippen LogP contribution in [-0.4, -0.2) is 125 Å². The minimum Gasteiger partial charge on any atom is -0.464 e. The molecule has 2 aliphatic carbocycles. The van der Waals surface area contributed by atoms with Crippen LogP contribution in [0.4, 0.5) is 0 Å². The van der Waals surface area contributed by atoms with Crippen molar-refractivity contribution in [2.45, 2.75) is 110 Å². The van der Waals surface area contributed by atoms with Gasteiger partial charge in [0.15, 0.2) is 0 Å². The number of cyclic esters (lactones) is 1. The van der Waals surface area contributed by atoms with Crippen molar-refractivity contribution in [1.29, 1.82) is 0 Å². The van der Waals surface area contributed by atoms with Crippen molar-refractivity contribution in [3.63, 3.8) is 0 Å². The number of esters is 1. The molecule has 66 heavy (non-hydrogen) atoms. The van der Waals surface area contributed by atoms with Crippen LogP contribution in [0.25, 0.3) is 33.4 Å². The molecule has 11 rings (SSSR count). The summed E-state index contributed by atoms with van der Waals surface area (Å²) in [4.78, 5) is 59.1. The second-order valence-corrected chi connectivity index (χ2v) is 22.8. The molecule has 352 valence electrons. The lowest BCUT2D eigenvalue weighted by molar-refractivity contribution is -0.202. The van der Waals surface area contributed by atoms with Crippen LogP contribution in [0, 0.1) is 34.5 Å². The van der Waals surface area contributed by atoms with E-state index in [9.17, 15) is 9.59 Å². The highest BCUT2D eigenvalue weighted by Crippen LogP contribution is 2.52. The maximum Gasteiger partial charge on any atom is 0.324 e. The number of hydrogen-bond donors (Lipinski definition) is 2. The number of nitrogens with one attached hydrogen (secondary N) is 2. The van der Waals surface area contributed by atoms with Crippen LogP contribution in [0.5, 0.6) is 0 Å². The van der Waals surface area contributed by atoms with Crippen LogP contribution >= 0.6 is 11.3 Å². The Morgan fingerprint density at radius 2 is 1.82 bits per heavy atom. The third-order valence-corrected chi connectivity index (χ3v) is 16.9. The van der Waals surface area contributed by atoms with Crippen LogP contribution in [0.3, 0.4) is 0 Å². The van der Waals surface area contributed by atoms with Gasteiger partial charge in [-0.05, 0) is 86.6 Å². The second-order valence-electron chi connectivity index (χ2n) is 22.0. The summed E-state index contributed by atoms with van der Waals surface area (Å²) in [6.07, 6.45) is 5.92. The third kappa shape index (κ3) is 7.79. The summed E-state index contributed by atoms with van der Waals surface area (Å²) < 4.78 is 20.5. The summed E-state index contributed by atoms with van der Waals surface area (Å²) in [5.41, 5.74) is 10.1. The van der Waals surface area contributed by atoms with Gasteiger partial charge in [-0.25, -0.2) is 10.4 Å². The predicted molar refractivity (Wildman–Crippen MR) is 252 cm³/mol. The van der Waals surface area contributed by atoms with E-state index >= 15 is 4.79 Å². The number of ether oxygens (including phenoxy) is 3. The lowest BCUT2D eigenvalue weighted by Gasteiger charge is -2.58. The fourth-order valence-electron chi connectivity index (χ4n) is 12.1. The van der Waals surface area contributed by atoms with E-state index in [1.165, 1.54) is 18.4 Å². The number of hydrazine groups is 1. The molecule has 7 aliphatic rings. The Balaban J connectivity index is 1.06. The quantitative estimate of drug-likeness (QED) is 0.176. The van der Waals surface area contributed by atoms with E-state index in [0.29, 0.717) is 51.0 Å². The fourth-order valence-corrected chi connectivity index (χ4v) is 13.1. The first-order valence-electron chi connectivity index (χ1n) is 24.4. The Kier molecular flexibility index (Phi) is 11.2. The van der Waals surface area contributed by atoms with Gasteiger partial charge in [-0.2, -0.15) is 0 Å². The molecule has 2 amide bonds. The lowest BCUT2D eigenvalue weighted by Crippen LogP contribution is -2.70. The first-order chi connectivity index (χ1) is 31.7. The van der Waals surface area contributed by atoms with E-state index in [1.807, 2.05) is 12.3 Å². The smallest absolute Gasteiger partial charge is 0.324 e. The molecule has 5 aliphatic heterocycles. The molecule has 7 atom stereocenters. The number of benzene rings is 1. The van der Waals surface area contributed by atoms with E-state index in [4.69, 9.17) is 24.2 Å². The molecule has 15 heteroatoms. The summed E-state index contributed by atoms with van der Waals surface area (Å²) >= 11 is 1.55. The molecule has 14 nitrogen and oxygen atoms in total. The Labute approximate surface area is 392 Å². The van der Waals surface area contributed by atoms with Crippen molar-refractivity contribution < 1.29 is 28.6 Å². The highest BCUT2D eigenvalue weighted by molar-refractivity contribution is 7.10. The topological polar surface area (TPSA) is 143 Å².